The lowest BCUT2D eigenvalue weighted by Gasteiger charge is -2.32. The molecule has 2 amide bonds. The molecule has 1 aliphatic heterocycles. The maximum Gasteiger partial charge on any atom is 0.245 e. The number of carbonyl (C=O) groups excluding carboxylic acids is 2. The molecule has 0 aromatic heterocycles. The van der Waals surface area contributed by atoms with Gasteiger partial charge in [0.15, 0.2) is 0 Å². The summed E-state index contributed by atoms with van der Waals surface area (Å²) >= 11 is 0. The summed E-state index contributed by atoms with van der Waals surface area (Å²) in [6, 6.07) is 5.19. The van der Waals surface area contributed by atoms with Gasteiger partial charge in [-0.1, -0.05) is 12.1 Å². The van der Waals surface area contributed by atoms with Crippen molar-refractivity contribution >= 4 is 12.3 Å². The van der Waals surface area contributed by atoms with Gasteiger partial charge in [-0.15, -0.1) is 0 Å². The fraction of sp³-hybridized carbons (Fsp3) is 0.467. The van der Waals surface area contributed by atoms with Gasteiger partial charge in [-0.05, 0) is 30.5 Å². The van der Waals surface area contributed by atoms with Crippen molar-refractivity contribution in [3.8, 4) is 0 Å². The smallest absolute Gasteiger partial charge is 0.245 e. The molecular weight excluding hydrogens is 275 g/mol. The molecule has 114 valence electrons. The van der Waals surface area contributed by atoms with Gasteiger partial charge >= 0.3 is 0 Å². The van der Waals surface area contributed by atoms with Crippen molar-refractivity contribution in [2.45, 2.75) is 31.4 Å². The van der Waals surface area contributed by atoms with Crippen LogP contribution in [0.15, 0.2) is 24.3 Å². The quantitative estimate of drug-likeness (QED) is 0.776. The molecule has 0 radical (unpaired) electrons. The fourth-order valence-electron chi connectivity index (χ4n) is 2.46. The molecule has 0 bridgehead atoms. The molecule has 1 fully saturated rings. The monoisotopic (exact) mass is 294 g/mol. The Morgan fingerprint density at radius 3 is 2.57 bits per heavy atom. The summed E-state index contributed by atoms with van der Waals surface area (Å²) in [6.07, 6.45) is 1.57. The Kier molecular flexibility index (Phi) is 5.27. The number of amides is 2. The normalized spacial score (nSPS) is 17.3. The van der Waals surface area contributed by atoms with Crippen LogP contribution in [0, 0.1) is 5.82 Å². The molecule has 1 saturated heterocycles. The molecular formula is C15H19FN2O3. The third kappa shape index (κ3) is 4.26. The van der Waals surface area contributed by atoms with Gasteiger partial charge in [-0.2, -0.15) is 0 Å². The summed E-state index contributed by atoms with van der Waals surface area (Å²) in [6.45, 7) is 0.973. The van der Waals surface area contributed by atoms with E-state index in [9.17, 15) is 19.1 Å². The van der Waals surface area contributed by atoms with E-state index in [1.807, 2.05) is 0 Å². The number of nitrogens with one attached hydrogen (secondary N) is 1. The Balaban J connectivity index is 2.01. The first-order valence-corrected chi connectivity index (χ1v) is 7.01. The number of benzene rings is 1. The molecule has 0 spiro atoms. The maximum atomic E-state index is 12.9. The van der Waals surface area contributed by atoms with E-state index in [0.29, 0.717) is 38.8 Å². The second kappa shape index (κ2) is 7.17. The zero-order chi connectivity index (χ0) is 15.2. The van der Waals surface area contributed by atoms with Crippen LogP contribution in [0.3, 0.4) is 0 Å². The number of piperidine rings is 1. The van der Waals surface area contributed by atoms with E-state index in [4.69, 9.17) is 0 Å². The zero-order valence-corrected chi connectivity index (χ0v) is 11.7. The van der Waals surface area contributed by atoms with Gasteiger partial charge in [0.25, 0.3) is 0 Å². The number of aliphatic hydroxyl groups is 1. The molecule has 5 nitrogen and oxygen atoms in total. The molecule has 21 heavy (non-hydrogen) atoms. The van der Waals surface area contributed by atoms with Gasteiger partial charge in [-0.25, -0.2) is 4.39 Å². The van der Waals surface area contributed by atoms with Crippen molar-refractivity contribution in [1.29, 1.82) is 0 Å². The molecule has 1 heterocycles. The largest absolute Gasteiger partial charge is 0.393 e. The number of nitrogens with zero attached hydrogens (tertiary/aromatic N) is 1. The third-order valence-corrected chi connectivity index (χ3v) is 3.70. The van der Waals surface area contributed by atoms with Gasteiger partial charge in [0.1, 0.15) is 11.9 Å². The van der Waals surface area contributed by atoms with Gasteiger partial charge in [0.05, 0.1) is 6.10 Å². The first kappa shape index (κ1) is 15.4. The molecule has 1 aromatic carbocycles. The van der Waals surface area contributed by atoms with Crippen molar-refractivity contribution in [3.05, 3.63) is 35.6 Å². The molecule has 0 aliphatic carbocycles. The Hall–Kier alpha value is -1.95. The van der Waals surface area contributed by atoms with Gasteiger partial charge in [0.2, 0.25) is 12.3 Å². The maximum absolute atomic E-state index is 12.9. The SMILES string of the molecule is O=CNC(Cc1ccc(F)cc1)C(=O)N1CCC(O)CC1. The molecule has 6 heteroatoms. The molecule has 1 aliphatic rings. The highest BCUT2D eigenvalue weighted by Crippen LogP contribution is 2.13. The minimum atomic E-state index is -0.664. The number of hydrogen-bond acceptors (Lipinski definition) is 3. The summed E-state index contributed by atoms with van der Waals surface area (Å²) in [5.74, 6) is -0.506. The molecule has 1 aromatic rings. The summed E-state index contributed by atoms with van der Waals surface area (Å²) in [7, 11) is 0. The minimum Gasteiger partial charge on any atom is -0.393 e. The Morgan fingerprint density at radius 1 is 1.38 bits per heavy atom. The average molecular weight is 294 g/mol. The summed E-state index contributed by atoms with van der Waals surface area (Å²) in [5, 5.41) is 12.0. The van der Waals surface area contributed by atoms with Crippen LogP contribution in [0.5, 0.6) is 0 Å². The molecule has 1 unspecified atom stereocenters. The number of aliphatic hydroxyl groups excluding tert-OH is 1. The van der Waals surface area contributed by atoms with Gasteiger partial charge < -0.3 is 15.3 Å². The van der Waals surface area contributed by atoms with Crippen molar-refractivity contribution in [2.24, 2.45) is 0 Å². The fourth-order valence-corrected chi connectivity index (χ4v) is 2.46. The highest BCUT2D eigenvalue weighted by atomic mass is 19.1. The molecule has 0 saturated carbocycles. The van der Waals surface area contributed by atoms with Gasteiger partial charge in [-0.3, -0.25) is 9.59 Å². The lowest BCUT2D eigenvalue weighted by atomic mass is 10.0. The van der Waals surface area contributed by atoms with Crippen LogP contribution in [0.4, 0.5) is 4.39 Å². The Bertz CT molecular complexity index is 484. The van der Waals surface area contributed by atoms with E-state index in [1.165, 1.54) is 12.1 Å². The second-order valence-electron chi connectivity index (χ2n) is 5.22. The van der Waals surface area contributed by atoms with Crippen LogP contribution >= 0.6 is 0 Å². The van der Waals surface area contributed by atoms with Gasteiger partial charge in [0, 0.05) is 19.5 Å². The van der Waals surface area contributed by atoms with E-state index in [0.717, 1.165) is 5.56 Å². The predicted octanol–water partition coefficient (Wildman–Crippen LogP) is 0.466. The Morgan fingerprint density at radius 2 is 2.00 bits per heavy atom. The zero-order valence-electron chi connectivity index (χ0n) is 11.7. The van der Waals surface area contributed by atoms with E-state index in [-0.39, 0.29) is 17.8 Å². The van der Waals surface area contributed by atoms with Crippen molar-refractivity contribution in [3.63, 3.8) is 0 Å². The van der Waals surface area contributed by atoms with Crippen molar-refractivity contribution in [2.75, 3.05) is 13.1 Å². The average Bonchev–Trinajstić information content (AvgIpc) is 2.49. The van der Waals surface area contributed by atoms with Crippen LogP contribution in [-0.2, 0) is 16.0 Å². The van der Waals surface area contributed by atoms with E-state index >= 15 is 0 Å². The first-order chi connectivity index (χ1) is 10.1. The number of rotatable bonds is 5. The number of hydrogen-bond donors (Lipinski definition) is 2. The predicted molar refractivity (Wildman–Crippen MR) is 74.9 cm³/mol. The number of likely N-dealkylation sites (tertiary alicyclic amines) is 1. The summed E-state index contributed by atoms with van der Waals surface area (Å²) < 4.78 is 12.9. The second-order valence-corrected chi connectivity index (χ2v) is 5.22. The molecule has 1 atom stereocenters. The van der Waals surface area contributed by atoms with E-state index in [2.05, 4.69) is 5.32 Å². The van der Waals surface area contributed by atoms with Crippen LogP contribution < -0.4 is 5.32 Å². The summed E-state index contributed by atoms with van der Waals surface area (Å²) in [5.41, 5.74) is 0.779. The molecule has 2 rings (SSSR count). The van der Waals surface area contributed by atoms with Crippen LogP contribution in [-0.4, -0.2) is 47.6 Å². The highest BCUT2D eigenvalue weighted by Gasteiger charge is 2.27. The minimum absolute atomic E-state index is 0.168. The standard InChI is InChI=1S/C15H19FN2O3/c16-12-3-1-11(2-4-12)9-14(17-10-19)15(21)18-7-5-13(20)6-8-18/h1-4,10,13-14,20H,5-9H2,(H,17,19). The van der Waals surface area contributed by atoms with E-state index < -0.39 is 6.04 Å². The van der Waals surface area contributed by atoms with Crippen LogP contribution in [0.25, 0.3) is 0 Å². The van der Waals surface area contributed by atoms with Crippen molar-refractivity contribution in [1.82, 2.24) is 10.2 Å². The highest BCUT2D eigenvalue weighted by molar-refractivity contribution is 5.84. The van der Waals surface area contributed by atoms with Crippen LogP contribution in [0.2, 0.25) is 0 Å². The lowest BCUT2D eigenvalue weighted by molar-refractivity contribution is -0.136. The van der Waals surface area contributed by atoms with E-state index in [1.54, 1.807) is 17.0 Å². The number of halogens is 1. The molecule has 2 N–H and O–H groups in total. The van der Waals surface area contributed by atoms with Crippen LogP contribution in [0.1, 0.15) is 18.4 Å². The topological polar surface area (TPSA) is 69.6 Å². The number of carbonyl (C=O) groups is 2. The summed E-state index contributed by atoms with van der Waals surface area (Å²) in [4.78, 5) is 24.8. The first-order valence-electron chi connectivity index (χ1n) is 7.01. The Labute approximate surface area is 122 Å². The van der Waals surface area contributed by atoms with Crippen molar-refractivity contribution < 1.29 is 19.1 Å². The third-order valence-electron chi connectivity index (χ3n) is 3.70. The lowest BCUT2D eigenvalue weighted by Crippen LogP contribution is -2.50.